The molecule has 6 rings (SSSR count). The standard InChI is InChI=1S/C27H21N7O5S/c1-18-15-25(30-38-18)32-40(35,36)22-13-11-21(12-14-22)34-16-20(29-33-34)17-37-24-10-6-5-9-23(24)27-28-26(31-39-27)19-7-3-2-4-8-19/h2-16H,17H2,1H3,(H,30,32). The minimum atomic E-state index is -3.83. The lowest BCUT2D eigenvalue weighted by Gasteiger charge is -2.07. The predicted molar refractivity (Wildman–Crippen MR) is 143 cm³/mol. The maximum Gasteiger partial charge on any atom is 0.263 e. The van der Waals surface area contributed by atoms with E-state index in [1.807, 2.05) is 48.5 Å². The van der Waals surface area contributed by atoms with Crippen LogP contribution in [0.2, 0.25) is 0 Å². The van der Waals surface area contributed by atoms with Crippen LogP contribution in [0.15, 0.2) is 105 Å². The smallest absolute Gasteiger partial charge is 0.263 e. The molecular weight excluding hydrogens is 534 g/mol. The van der Waals surface area contributed by atoms with Gasteiger partial charge in [0.2, 0.25) is 5.82 Å². The van der Waals surface area contributed by atoms with Crippen molar-refractivity contribution in [2.45, 2.75) is 18.4 Å². The summed E-state index contributed by atoms with van der Waals surface area (Å²) in [6.07, 6.45) is 1.70. The van der Waals surface area contributed by atoms with Crippen molar-refractivity contribution in [3.63, 3.8) is 0 Å². The highest BCUT2D eigenvalue weighted by molar-refractivity contribution is 7.92. The molecule has 0 saturated carbocycles. The number of aromatic nitrogens is 6. The van der Waals surface area contributed by atoms with E-state index in [9.17, 15) is 8.42 Å². The number of anilines is 1. The van der Waals surface area contributed by atoms with Crippen LogP contribution in [-0.2, 0) is 16.6 Å². The maximum absolute atomic E-state index is 12.6. The molecule has 3 aromatic carbocycles. The van der Waals surface area contributed by atoms with Crippen molar-refractivity contribution in [2.24, 2.45) is 0 Å². The molecule has 0 aliphatic carbocycles. The van der Waals surface area contributed by atoms with E-state index < -0.39 is 10.0 Å². The molecule has 3 heterocycles. The van der Waals surface area contributed by atoms with Crippen molar-refractivity contribution in [1.29, 1.82) is 0 Å². The van der Waals surface area contributed by atoms with Crippen molar-refractivity contribution in [3.8, 4) is 34.3 Å². The molecule has 0 spiro atoms. The lowest BCUT2D eigenvalue weighted by Crippen LogP contribution is -2.13. The van der Waals surface area contributed by atoms with E-state index in [2.05, 4.69) is 30.3 Å². The summed E-state index contributed by atoms with van der Waals surface area (Å²) in [6.45, 7) is 1.80. The summed E-state index contributed by atoms with van der Waals surface area (Å²) in [7, 11) is -3.83. The van der Waals surface area contributed by atoms with Gasteiger partial charge in [0, 0.05) is 11.6 Å². The van der Waals surface area contributed by atoms with Gasteiger partial charge in [-0.05, 0) is 43.3 Å². The molecule has 0 amide bonds. The van der Waals surface area contributed by atoms with E-state index in [1.54, 1.807) is 31.3 Å². The van der Waals surface area contributed by atoms with E-state index >= 15 is 0 Å². The molecule has 3 aromatic heterocycles. The molecule has 0 fully saturated rings. The normalized spacial score (nSPS) is 11.4. The van der Waals surface area contributed by atoms with Crippen molar-refractivity contribution in [1.82, 2.24) is 30.3 Å². The Balaban J connectivity index is 1.14. The van der Waals surface area contributed by atoms with Crippen LogP contribution >= 0.6 is 0 Å². The number of nitrogens with zero attached hydrogens (tertiary/aromatic N) is 6. The van der Waals surface area contributed by atoms with Gasteiger partial charge in [-0.2, -0.15) is 4.98 Å². The molecule has 0 aliphatic rings. The quantitative estimate of drug-likeness (QED) is 0.267. The van der Waals surface area contributed by atoms with Gasteiger partial charge in [0.25, 0.3) is 15.9 Å². The first-order valence-corrected chi connectivity index (χ1v) is 13.5. The summed E-state index contributed by atoms with van der Waals surface area (Å²) >= 11 is 0. The molecule has 40 heavy (non-hydrogen) atoms. The zero-order valence-corrected chi connectivity index (χ0v) is 21.8. The number of nitrogens with one attached hydrogen (secondary N) is 1. The molecule has 0 atom stereocenters. The van der Waals surface area contributed by atoms with Crippen molar-refractivity contribution in [3.05, 3.63) is 103 Å². The van der Waals surface area contributed by atoms with E-state index in [1.165, 1.54) is 22.9 Å². The molecule has 0 unspecified atom stereocenters. The summed E-state index contributed by atoms with van der Waals surface area (Å²) < 4.78 is 45.6. The minimum Gasteiger partial charge on any atom is -0.486 e. The third-order valence-corrected chi connectivity index (χ3v) is 7.14. The van der Waals surface area contributed by atoms with Crippen LogP contribution in [0.1, 0.15) is 11.5 Å². The molecular formula is C27H21N7O5S. The third-order valence-electron chi connectivity index (χ3n) is 5.77. The van der Waals surface area contributed by atoms with Crippen molar-refractivity contribution < 1.29 is 22.2 Å². The third kappa shape index (κ3) is 5.31. The highest BCUT2D eigenvalue weighted by Gasteiger charge is 2.18. The molecule has 12 nitrogen and oxygen atoms in total. The largest absolute Gasteiger partial charge is 0.486 e. The van der Waals surface area contributed by atoms with Crippen LogP contribution in [0, 0.1) is 6.92 Å². The Morgan fingerprint density at radius 3 is 2.48 bits per heavy atom. The summed E-state index contributed by atoms with van der Waals surface area (Å²) in [5.41, 5.74) is 2.68. The second kappa shape index (κ2) is 10.5. The van der Waals surface area contributed by atoms with Gasteiger partial charge >= 0.3 is 0 Å². The SMILES string of the molecule is Cc1cc(NS(=O)(=O)c2ccc(-n3cc(COc4ccccc4-c4nc(-c5ccccc5)no4)nn3)cc2)no1. The molecule has 0 bridgehead atoms. The first-order chi connectivity index (χ1) is 19.4. The Kier molecular flexibility index (Phi) is 6.54. The van der Waals surface area contributed by atoms with Gasteiger partial charge in [-0.1, -0.05) is 58.0 Å². The number of ether oxygens (including phenoxy) is 1. The zero-order valence-electron chi connectivity index (χ0n) is 21.0. The van der Waals surface area contributed by atoms with E-state index in [4.69, 9.17) is 13.8 Å². The first kappa shape index (κ1) is 25.0. The van der Waals surface area contributed by atoms with Crippen molar-refractivity contribution in [2.75, 3.05) is 4.72 Å². The highest BCUT2D eigenvalue weighted by Crippen LogP contribution is 2.30. The molecule has 200 valence electrons. The fourth-order valence-corrected chi connectivity index (χ4v) is 4.82. The highest BCUT2D eigenvalue weighted by atomic mass is 32.2. The Bertz CT molecular complexity index is 1860. The lowest BCUT2D eigenvalue weighted by molar-refractivity contribution is 0.301. The summed E-state index contributed by atoms with van der Waals surface area (Å²) in [6, 6.07) is 24.6. The molecule has 6 aromatic rings. The number of para-hydroxylation sites is 1. The van der Waals surface area contributed by atoms with Gasteiger partial charge in [0.05, 0.1) is 22.3 Å². The topological polar surface area (TPSA) is 151 Å². The average molecular weight is 556 g/mol. The molecule has 0 radical (unpaired) electrons. The number of hydrogen-bond donors (Lipinski definition) is 1. The molecule has 1 N–H and O–H groups in total. The molecule has 0 aliphatic heterocycles. The second-order valence-electron chi connectivity index (χ2n) is 8.65. The van der Waals surface area contributed by atoms with Crippen molar-refractivity contribution >= 4 is 15.8 Å². The maximum atomic E-state index is 12.6. The van der Waals surface area contributed by atoms with Gasteiger partial charge in [-0.25, -0.2) is 13.1 Å². The van der Waals surface area contributed by atoms with Crippen LogP contribution in [0.3, 0.4) is 0 Å². The van der Waals surface area contributed by atoms with Crippen LogP contribution in [-0.4, -0.2) is 38.7 Å². The average Bonchev–Trinajstić information content (AvgIpc) is 3.74. The van der Waals surface area contributed by atoms with Gasteiger partial charge in [-0.3, -0.25) is 4.72 Å². The summed E-state index contributed by atoms with van der Waals surface area (Å²) in [4.78, 5) is 4.58. The van der Waals surface area contributed by atoms with Gasteiger partial charge < -0.3 is 13.8 Å². The zero-order chi connectivity index (χ0) is 27.5. The van der Waals surface area contributed by atoms with E-state index in [0.29, 0.717) is 40.2 Å². The van der Waals surface area contributed by atoms with E-state index in [-0.39, 0.29) is 17.3 Å². The Labute approximate surface area is 228 Å². The van der Waals surface area contributed by atoms with Crippen LogP contribution in [0.25, 0.3) is 28.5 Å². The number of rotatable bonds is 9. The van der Waals surface area contributed by atoms with Gasteiger partial charge in [-0.15, -0.1) is 5.10 Å². The minimum absolute atomic E-state index is 0.0635. The summed E-state index contributed by atoms with van der Waals surface area (Å²) in [5.74, 6) is 1.97. The number of aryl methyl sites for hydroxylation is 1. The fourth-order valence-electron chi connectivity index (χ4n) is 3.84. The van der Waals surface area contributed by atoms with Gasteiger partial charge in [0.1, 0.15) is 23.8 Å². The Hall–Kier alpha value is -5.30. The van der Waals surface area contributed by atoms with Crippen LogP contribution in [0.4, 0.5) is 5.82 Å². The number of benzene rings is 3. The van der Waals surface area contributed by atoms with E-state index in [0.717, 1.165) is 5.56 Å². The lowest BCUT2D eigenvalue weighted by atomic mass is 10.2. The number of sulfonamides is 1. The number of hydrogen-bond acceptors (Lipinski definition) is 10. The fraction of sp³-hybridized carbons (Fsp3) is 0.0741. The second-order valence-corrected chi connectivity index (χ2v) is 10.3. The van der Waals surface area contributed by atoms with Crippen LogP contribution < -0.4 is 9.46 Å². The Morgan fingerprint density at radius 2 is 1.70 bits per heavy atom. The Morgan fingerprint density at radius 1 is 0.925 bits per heavy atom. The monoisotopic (exact) mass is 555 g/mol. The molecule has 13 heteroatoms. The van der Waals surface area contributed by atoms with Gasteiger partial charge in [0.15, 0.2) is 5.82 Å². The summed E-state index contributed by atoms with van der Waals surface area (Å²) in [5, 5.41) is 16.1. The van der Waals surface area contributed by atoms with Crippen LogP contribution in [0.5, 0.6) is 5.75 Å². The molecule has 0 saturated heterocycles. The predicted octanol–water partition coefficient (Wildman–Crippen LogP) is 4.66. The first-order valence-electron chi connectivity index (χ1n) is 12.0.